The van der Waals surface area contributed by atoms with Gasteiger partial charge in [-0.1, -0.05) is 36.8 Å². The molecule has 4 nitrogen and oxygen atoms in total. The van der Waals surface area contributed by atoms with Crippen molar-refractivity contribution in [2.75, 3.05) is 4.90 Å². The van der Waals surface area contributed by atoms with E-state index >= 15 is 0 Å². The van der Waals surface area contributed by atoms with E-state index in [9.17, 15) is 9.59 Å². The molecule has 1 atom stereocenters. The normalized spacial score (nSPS) is 16.5. The number of hydrogen-bond donors (Lipinski definition) is 0. The van der Waals surface area contributed by atoms with Crippen molar-refractivity contribution < 1.29 is 14.3 Å². The number of anilines is 1. The van der Waals surface area contributed by atoms with Crippen molar-refractivity contribution >= 4 is 17.4 Å². The largest absolute Gasteiger partial charge is 0.479 e. The quantitative estimate of drug-likeness (QED) is 0.802. The van der Waals surface area contributed by atoms with Crippen LogP contribution in [0.4, 0.5) is 5.69 Å². The van der Waals surface area contributed by atoms with Gasteiger partial charge in [-0.05, 0) is 37.6 Å². The average Bonchev–Trinajstić information content (AvgIpc) is 2.59. The van der Waals surface area contributed by atoms with Crippen LogP contribution in [-0.2, 0) is 11.3 Å². The Hall–Kier alpha value is -2.62. The zero-order chi connectivity index (χ0) is 17.3. The molecule has 1 aliphatic heterocycles. The molecule has 1 unspecified atom stereocenters. The molecule has 0 fully saturated rings. The van der Waals surface area contributed by atoms with Crippen molar-refractivity contribution in [1.82, 2.24) is 0 Å². The van der Waals surface area contributed by atoms with Crippen molar-refractivity contribution in [3.8, 4) is 5.75 Å². The maximum atomic E-state index is 12.6. The van der Waals surface area contributed by atoms with E-state index in [1.165, 1.54) is 5.56 Å². The summed E-state index contributed by atoms with van der Waals surface area (Å²) < 4.78 is 5.70. The van der Waals surface area contributed by atoms with Crippen LogP contribution in [0.5, 0.6) is 5.75 Å². The number of fused-ring (bicyclic) bond motifs is 1. The molecule has 0 saturated carbocycles. The van der Waals surface area contributed by atoms with Crippen molar-refractivity contribution in [2.24, 2.45) is 0 Å². The van der Waals surface area contributed by atoms with E-state index in [4.69, 9.17) is 4.74 Å². The van der Waals surface area contributed by atoms with Crippen molar-refractivity contribution in [1.29, 1.82) is 0 Å². The van der Waals surface area contributed by atoms with E-state index in [0.717, 1.165) is 5.56 Å². The molecule has 0 aromatic heterocycles. The summed E-state index contributed by atoms with van der Waals surface area (Å²) in [6.45, 7) is 6.07. The summed E-state index contributed by atoms with van der Waals surface area (Å²) in [6, 6.07) is 13.4. The predicted molar refractivity (Wildman–Crippen MR) is 93.5 cm³/mol. The number of ether oxygens (including phenoxy) is 1. The van der Waals surface area contributed by atoms with Gasteiger partial charge in [0.05, 0.1) is 12.2 Å². The van der Waals surface area contributed by atoms with Gasteiger partial charge < -0.3 is 9.64 Å². The highest BCUT2D eigenvalue weighted by atomic mass is 16.5. The van der Waals surface area contributed by atoms with E-state index < -0.39 is 6.10 Å². The number of carbonyl (C=O) groups excluding carboxylic acids is 2. The van der Waals surface area contributed by atoms with Gasteiger partial charge in [-0.25, -0.2) is 0 Å². The van der Waals surface area contributed by atoms with Crippen LogP contribution in [-0.4, -0.2) is 17.8 Å². The van der Waals surface area contributed by atoms with E-state index in [2.05, 4.69) is 0 Å². The van der Waals surface area contributed by atoms with E-state index in [1.54, 1.807) is 30.0 Å². The van der Waals surface area contributed by atoms with Gasteiger partial charge in [0, 0.05) is 12.0 Å². The number of rotatable bonds is 4. The van der Waals surface area contributed by atoms with E-state index in [1.807, 2.05) is 38.1 Å². The highest BCUT2D eigenvalue weighted by Gasteiger charge is 2.32. The van der Waals surface area contributed by atoms with Crippen LogP contribution >= 0.6 is 0 Å². The minimum Gasteiger partial charge on any atom is -0.479 e. The molecule has 4 heteroatoms. The van der Waals surface area contributed by atoms with Crippen LogP contribution in [0.1, 0.15) is 41.8 Å². The predicted octanol–water partition coefficient (Wildman–Crippen LogP) is 3.90. The second kappa shape index (κ2) is 6.48. The zero-order valence-electron chi connectivity index (χ0n) is 14.2. The first kappa shape index (κ1) is 16.2. The molecule has 0 N–H and O–H groups in total. The average molecular weight is 323 g/mol. The van der Waals surface area contributed by atoms with Crippen molar-refractivity contribution in [2.45, 2.75) is 39.8 Å². The smallest absolute Gasteiger partial charge is 0.268 e. The Labute approximate surface area is 142 Å². The van der Waals surface area contributed by atoms with Crippen LogP contribution in [0.15, 0.2) is 42.5 Å². The SMILES string of the molecule is CCC(=O)c1ccc2c(c1)N(Cc1ccc(C)cc1)C(=O)C(C)O2. The molecule has 0 bridgehead atoms. The third kappa shape index (κ3) is 3.04. The third-order valence-electron chi connectivity index (χ3n) is 4.27. The number of carbonyl (C=O) groups is 2. The Morgan fingerprint density at radius 1 is 1.17 bits per heavy atom. The molecule has 0 saturated heterocycles. The van der Waals surface area contributed by atoms with E-state index in [0.29, 0.717) is 30.0 Å². The number of hydrogen-bond acceptors (Lipinski definition) is 3. The number of benzene rings is 2. The second-order valence-corrected chi connectivity index (χ2v) is 6.13. The van der Waals surface area contributed by atoms with Gasteiger partial charge >= 0.3 is 0 Å². The molecular weight excluding hydrogens is 302 g/mol. The lowest BCUT2D eigenvalue weighted by atomic mass is 10.0. The Morgan fingerprint density at radius 3 is 2.54 bits per heavy atom. The van der Waals surface area contributed by atoms with Crippen LogP contribution in [0, 0.1) is 6.92 Å². The number of aryl methyl sites for hydroxylation is 1. The number of ketones is 1. The zero-order valence-corrected chi connectivity index (χ0v) is 14.2. The molecule has 1 aliphatic rings. The van der Waals surface area contributed by atoms with Gasteiger partial charge in [-0.15, -0.1) is 0 Å². The molecule has 0 radical (unpaired) electrons. The minimum atomic E-state index is -0.532. The standard InChI is InChI=1S/C20H21NO3/c1-4-18(22)16-9-10-19-17(11-16)21(20(23)14(3)24-19)12-15-7-5-13(2)6-8-15/h5-11,14H,4,12H2,1-3H3. The fraction of sp³-hybridized carbons (Fsp3) is 0.300. The molecule has 0 spiro atoms. The van der Waals surface area contributed by atoms with Gasteiger partial charge in [-0.3, -0.25) is 9.59 Å². The maximum Gasteiger partial charge on any atom is 0.268 e. The molecule has 2 aromatic carbocycles. The molecule has 1 heterocycles. The first-order valence-corrected chi connectivity index (χ1v) is 8.20. The Morgan fingerprint density at radius 2 is 1.88 bits per heavy atom. The summed E-state index contributed by atoms with van der Waals surface area (Å²) in [7, 11) is 0. The Balaban J connectivity index is 2.00. The van der Waals surface area contributed by atoms with Gasteiger partial charge in [0.15, 0.2) is 11.9 Å². The maximum absolute atomic E-state index is 12.6. The fourth-order valence-corrected chi connectivity index (χ4v) is 2.82. The summed E-state index contributed by atoms with van der Waals surface area (Å²) in [5.41, 5.74) is 3.49. The number of nitrogens with zero attached hydrogens (tertiary/aromatic N) is 1. The van der Waals surface area contributed by atoms with Crippen LogP contribution in [0.3, 0.4) is 0 Å². The summed E-state index contributed by atoms with van der Waals surface area (Å²) in [5, 5.41) is 0. The van der Waals surface area contributed by atoms with Crippen LogP contribution in [0.25, 0.3) is 0 Å². The highest BCUT2D eigenvalue weighted by Crippen LogP contribution is 2.36. The molecule has 2 aromatic rings. The molecule has 1 amide bonds. The fourth-order valence-electron chi connectivity index (χ4n) is 2.82. The van der Waals surface area contributed by atoms with Gasteiger partial charge in [0.2, 0.25) is 0 Å². The Kier molecular flexibility index (Phi) is 4.38. The van der Waals surface area contributed by atoms with Gasteiger partial charge in [0.25, 0.3) is 5.91 Å². The lowest BCUT2D eigenvalue weighted by Gasteiger charge is -2.33. The van der Waals surface area contributed by atoms with Crippen molar-refractivity contribution in [3.63, 3.8) is 0 Å². The van der Waals surface area contributed by atoms with E-state index in [-0.39, 0.29) is 11.7 Å². The third-order valence-corrected chi connectivity index (χ3v) is 4.27. The lowest BCUT2D eigenvalue weighted by Crippen LogP contribution is -2.44. The summed E-state index contributed by atoms with van der Waals surface area (Å²) in [6.07, 6.45) is -0.0993. The highest BCUT2D eigenvalue weighted by molar-refractivity contribution is 6.02. The Bertz CT molecular complexity index is 780. The summed E-state index contributed by atoms with van der Waals surface area (Å²) in [4.78, 5) is 26.3. The second-order valence-electron chi connectivity index (χ2n) is 6.13. The molecular formula is C20H21NO3. The molecule has 3 rings (SSSR count). The van der Waals surface area contributed by atoms with Crippen LogP contribution < -0.4 is 9.64 Å². The molecule has 0 aliphatic carbocycles. The number of amides is 1. The topological polar surface area (TPSA) is 46.6 Å². The van der Waals surface area contributed by atoms with Gasteiger partial charge in [-0.2, -0.15) is 0 Å². The molecule has 124 valence electrons. The monoisotopic (exact) mass is 323 g/mol. The number of Topliss-reactive ketones (excluding diaryl/α,β-unsaturated/α-hetero) is 1. The van der Waals surface area contributed by atoms with Crippen molar-refractivity contribution in [3.05, 3.63) is 59.2 Å². The molecule has 24 heavy (non-hydrogen) atoms. The van der Waals surface area contributed by atoms with Crippen LogP contribution in [0.2, 0.25) is 0 Å². The van der Waals surface area contributed by atoms with Gasteiger partial charge in [0.1, 0.15) is 5.75 Å². The summed E-state index contributed by atoms with van der Waals surface area (Å²) >= 11 is 0. The first-order valence-electron chi connectivity index (χ1n) is 8.20. The first-order chi connectivity index (χ1) is 11.5. The minimum absolute atomic E-state index is 0.0548. The summed E-state index contributed by atoms with van der Waals surface area (Å²) in [5.74, 6) is 0.602. The lowest BCUT2D eigenvalue weighted by molar-refractivity contribution is -0.125.